The highest BCUT2D eigenvalue weighted by Gasteiger charge is 2.19. The van der Waals surface area contributed by atoms with E-state index in [1.54, 1.807) is 7.05 Å². The first-order valence-corrected chi connectivity index (χ1v) is 6.99. The second-order valence-electron chi connectivity index (χ2n) is 3.66. The van der Waals surface area contributed by atoms with Gasteiger partial charge in [0.15, 0.2) is 11.6 Å². The molecule has 0 spiro atoms. The van der Waals surface area contributed by atoms with E-state index < -0.39 is 10.0 Å². The highest BCUT2D eigenvalue weighted by atomic mass is 35.5. The van der Waals surface area contributed by atoms with Crippen molar-refractivity contribution in [3.05, 3.63) is 29.7 Å². The maximum atomic E-state index is 12.1. The van der Waals surface area contributed by atoms with Crippen molar-refractivity contribution in [2.75, 3.05) is 11.8 Å². The highest BCUT2D eigenvalue weighted by molar-refractivity contribution is 7.92. The number of halogens is 1. The van der Waals surface area contributed by atoms with Crippen molar-refractivity contribution in [3.63, 3.8) is 0 Å². The topological polar surface area (TPSA) is 86.1 Å². The van der Waals surface area contributed by atoms with Crippen LogP contribution in [0.15, 0.2) is 29.6 Å². The summed E-state index contributed by atoms with van der Waals surface area (Å²) in [6, 6.07) is 1.47. The predicted molar refractivity (Wildman–Crippen MR) is 69.8 cm³/mol. The summed E-state index contributed by atoms with van der Waals surface area (Å²) in [6.45, 7) is 0. The number of aryl methyl sites for hydroxylation is 1. The van der Waals surface area contributed by atoms with Crippen molar-refractivity contribution in [3.8, 4) is 5.75 Å². The number of rotatable bonds is 4. The van der Waals surface area contributed by atoms with Gasteiger partial charge in [0.2, 0.25) is 0 Å². The molecule has 0 unspecified atom stereocenters. The van der Waals surface area contributed by atoms with Gasteiger partial charge in [-0.15, -0.1) is 0 Å². The molecule has 102 valence electrons. The number of anilines is 1. The highest BCUT2D eigenvalue weighted by Crippen LogP contribution is 2.26. The number of pyridine rings is 1. The van der Waals surface area contributed by atoms with E-state index in [1.165, 1.54) is 36.4 Å². The molecule has 0 aromatic carbocycles. The Morgan fingerprint density at radius 2 is 2.16 bits per heavy atom. The first-order valence-electron chi connectivity index (χ1n) is 5.13. The lowest BCUT2D eigenvalue weighted by Gasteiger charge is -2.09. The fraction of sp³-hybridized carbons (Fsp3) is 0.200. The van der Waals surface area contributed by atoms with E-state index in [0.717, 1.165) is 0 Å². The monoisotopic (exact) mass is 302 g/mol. The molecule has 2 aromatic rings. The average molecular weight is 303 g/mol. The normalized spacial score (nSPS) is 11.3. The molecule has 2 aromatic heterocycles. The molecule has 0 radical (unpaired) electrons. The van der Waals surface area contributed by atoms with Crippen molar-refractivity contribution >= 4 is 27.4 Å². The van der Waals surface area contributed by atoms with Crippen LogP contribution in [0.5, 0.6) is 5.75 Å². The summed E-state index contributed by atoms with van der Waals surface area (Å²) in [5.41, 5.74) is 0. The van der Waals surface area contributed by atoms with Crippen molar-refractivity contribution in [2.24, 2.45) is 7.05 Å². The summed E-state index contributed by atoms with van der Waals surface area (Å²) >= 11 is 5.75. The van der Waals surface area contributed by atoms with Gasteiger partial charge in [0.05, 0.1) is 18.3 Å². The Labute approximate surface area is 115 Å². The fourth-order valence-electron chi connectivity index (χ4n) is 1.38. The van der Waals surface area contributed by atoms with Crippen molar-refractivity contribution in [1.82, 2.24) is 14.8 Å². The number of sulfonamides is 1. The Balaban J connectivity index is 2.35. The Morgan fingerprint density at radius 1 is 1.42 bits per heavy atom. The third-order valence-corrected chi connectivity index (χ3v) is 3.76. The van der Waals surface area contributed by atoms with Crippen LogP contribution in [-0.2, 0) is 17.1 Å². The third kappa shape index (κ3) is 2.96. The van der Waals surface area contributed by atoms with Gasteiger partial charge in [-0.05, 0) is 0 Å². The number of nitrogens with zero attached hydrogens (tertiary/aromatic N) is 3. The molecule has 0 aliphatic heterocycles. The van der Waals surface area contributed by atoms with Crippen LogP contribution in [0.3, 0.4) is 0 Å². The molecule has 0 saturated carbocycles. The molecule has 0 saturated heterocycles. The second-order valence-corrected chi connectivity index (χ2v) is 5.78. The maximum absolute atomic E-state index is 12.1. The quantitative estimate of drug-likeness (QED) is 0.919. The van der Waals surface area contributed by atoms with Crippen LogP contribution in [0, 0.1) is 0 Å². The van der Waals surface area contributed by atoms with Gasteiger partial charge in [-0.25, -0.2) is 13.4 Å². The molecule has 2 rings (SSSR count). The molecular formula is C10H11ClN4O3S. The molecular weight excluding hydrogens is 292 g/mol. The average Bonchev–Trinajstić information content (AvgIpc) is 2.79. The minimum atomic E-state index is -3.76. The summed E-state index contributed by atoms with van der Waals surface area (Å²) in [5.74, 6) is 0.302. The van der Waals surface area contributed by atoms with E-state index in [9.17, 15) is 8.42 Å². The van der Waals surface area contributed by atoms with E-state index >= 15 is 0 Å². The van der Waals surface area contributed by atoms with E-state index in [0.29, 0.717) is 5.02 Å². The number of aromatic nitrogens is 3. The molecule has 1 N–H and O–H groups in total. The van der Waals surface area contributed by atoms with E-state index in [1.807, 2.05) is 0 Å². The zero-order valence-electron chi connectivity index (χ0n) is 10.2. The summed E-state index contributed by atoms with van der Waals surface area (Å²) in [6.07, 6.45) is 3.95. The van der Waals surface area contributed by atoms with Crippen LogP contribution in [0.1, 0.15) is 0 Å². The molecule has 9 heteroatoms. The van der Waals surface area contributed by atoms with Crippen LogP contribution in [0.25, 0.3) is 0 Å². The van der Waals surface area contributed by atoms with Gasteiger partial charge in [0.25, 0.3) is 10.0 Å². The fourth-order valence-corrected chi connectivity index (χ4v) is 2.53. The molecule has 0 atom stereocenters. The number of hydrogen-bond acceptors (Lipinski definition) is 5. The van der Waals surface area contributed by atoms with Gasteiger partial charge in [-0.3, -0.25) is 9.40 Å². The van der Waals surface area contributed by atoms with Gasteiger partial charge in [0.1, 0.15) is 4.90 Å². The van der Waals surface area contributed by atoms with Crippen LogP contribution < -0.4 is 9.46 Å². The molecule has 0 amide bonds. The Kier molecular flexibility index (Phi) is 3.63. The Bertz CT molecular complexity index is 699. The molecule has 0 aliphatic rings. The molecule has 0 aliphatic carbocycles. The summed E-state index contributed by atoms with van der Waals surface area (Å²) in [7, 11) is -0.734. The largest absolute Gasteiger partial charge is 0.493 e. The zero-order chi connectivity index (χ0) is 14.0. The van der Waals surface area contributed by atoms with Crippen LogP contribution >= 0.6 is 11.6 Å². The predicted octanol–water partition coefficient (Wildman–Crippen LogP) is 1.28. The number of ether oxygens (including phenoxy) is 1. The van der Waals surface area contributed by atoms with Gasteiger partial charge in [-0.1, -0.05) is 11.6 Å². The third-order valence-electron chi connectivity index (χ3n) is 2.26. The lowest BCUT2D eigenvalue weighted by atomic mass is 10.4. The van der Waals surface area contributed by atoms with Gasteiger partial charge < -0.3 is 4.74 Å². The van der Waals surface area contributed by atoms with Crippen LogP contribution in [-0.4, -0.2) is 30.3 Å². The Morgan fingerprint density at radius 3 is 2.74 bits per heavy atom. The van der Waals surface area contributed by atoms with Crippen molar-refractivity contribution in [1.29, 1.82) is 0 Å². The van der Waals surface area contributed by atoms with Crippen LogP contribution in [0.4, 0.5) is 5.82 Å². The molecule has 0 bridgehead atoms. The lowest BCUT2D eigenvalue weighted by molar-refractivity contribution is 0.415. The van der Waals surface area contributed by atoms with Crippen molar-refractivity contribution < 1.29 is 13.2 Å². The number of nitrogens with one attached hydrogen (secondary N) is 1. The second kappa shape index (κ2) is 5.06. The summed E-state index contributed by atoms with van der Waals surface area (Å²) < 4.78 is 32.9. The first-order chi connectivity index (χ1) is 8.92. The SMILES string of the molecule is COc1cc(Cl)cnc1NS(=O)(=O)c1cnn(C)c1. The van der Waals surface area contributed by atoms with E-state index in [4.69, 9.17) is 16.3 Å². The van der Waals surface area contributed by atoms with Gasteiger partial charge in [0, 0.05) is 25.5 Å². The van der Waals surface area contributed by atoms with E-state index in [-0.39, 0.29) is 16.5 Å². The molecule has 0 fully saturated rings. The molecule has 2 heterocycles. The standard InChI is InChI=1S/C10H11ClN4O3S/c1-15-6-8(5-13-15)19(16,17)14-10-9(18-2)3-7(11)4-12-10/h3-6H,1-2H3,(H,12,14). The van der Waals surface area contributed by atoms with Crippen molar-refractivity contribution in [2.45, 2.75) is 4.90 Å². The number of methoxy groups -OCH3 is 1. The summed E-state index contributed by atoms with van der Waals surface area (Å²) in [5, 5.41) is 4.15. The Hall–Kier alpha value is -1.80. The lowest BCUT2D eigenvalue weighted by Crippen LogP contribution is -2.14. The van der Waals surface area contributed by atoms with E-state index in [2.05, 4.69) is 14.8 Å². The minimum absolute atomic E-state index is 0.0359. The first kappa shape index (κ1) is 13.6. The minimum Gasteiger partial charge on any atom is -0.493 e. The maximum Gasteiger partial charge on any atom is 0.266 e. The summed E-state index contributed by atoms with van der Waals surface area (Å²) in [4.78, 5) is 3.93. The van der Waals surface area contributed by atoms with Gasteiger partial charge >= 0.3 is 0 Å². The smallest absolute Gasteiger partial charge is 0.266 e. The van der Waals surface area contributed by atoms with Crippen LogP contribution in [0.2, 0.25) is 5.02 Å². The van der Waals surface area contributed by atoms with Gasteiger partial charge in [-0.2, -0.15) is 5.10 Å². The number of hydrogen-bond donors (Lipinski definition) is 1. The molecule has 19 heavy (non-hydrogen) atoms. The molecule has 7 nitrogen and oxygen atoms in total. The zero-order valence-corrected chi connectivity index (χ0v) is 11.7.